The third-order valence-electron chi connectivity index (χ3n) is 7.24. The number of ether oxygens (including phenoxy) is 4. The van der Waals surface area contributed by atoms with Crippen molar-refractivity contribution in [3.8, 4) is 28.7 Å². The van der Waals surface area contributed by atoms with Gasteiger partial charge >= 0.3 is 5.97 Å². The molecular formula is C26H22N2O9. The van der Waals surface area contributed by atoms with Crippen LogP contribution in [0.15, 0.2) is 48.5 Å². The summed E-state index contributed by atoms with van der Waals surface area (Å²) < 4.78 is 22.1. The van der Waals surface area contributed by atoms with Crippen molar-refractivity contribution >= 4 is 17.3 Å². The molecule has 11 heteroatoms. The average Bonchev–Trinajstić information content (AvgIpc) is 3.51. The Morgan fingerprint density at radius 3 is 2.41 bits per heavy atom. The predicted octanol–water partition coefficient (Wildman–Crippen LogP) is 3.83. The van der Waals surface area contributed by atoms with Crippen LogP contribution < -0.4 is 19.5 Å². The van der Waals surface area contributed by atoms with E-state index in [1.165, 1.54) is 25.3 Å². The number of nitro benzene ring substituents is 1. The topological polar surface area (TPSA) is 150 Å². The Hall–Kier alpha value is -4.67. The zero-order chi connectivity index (χ0) is 25.8. The molecule has 3 aliphatic rings. The first-order chi connectivity index (χ1) is 17.9. The number of phenolic OH excluding ortho intramolecular Hbond substituents is 2. The maximum absolute atomic E-state index is 13.1. The number of nitrogens with zero attached hydrogens (tertiary/aromatic N) is 1. The largest absolute Gasteiger partial charge is 0.504 e. The van der Waals surface area contributed by atoms with E-state index in [0.29, 0.717) is 22.7 Å². The van der Waals surface area contributed by atoms with Gasteiger partial charge in [0.15, 0.2) is 23.0 Å². The average molecular weight is 506 g/mol. The molecule has 11 nitrogen and oxygen atoms in total. The molecule has 1 fully saturated rings. The number of phenols is 2. The number of carbonyl (C=O) groups excluding carboxylic acids is 1. The fraction of sp³-hybridized carbons (Fsp3) is 0.269. The third-order valence-corrected chi connectivity index (χ3v) is 7.24. The maximum Gasteiger partial charge on any atom is 0.310 e. The van der Waals surface area contributed by atoms with E-state index in [9.17, 15) is 25.1 Å². The molecule has 0 bridgehead atoms. The van der Waals surface area contributed by atoms with Crippen LogP contribution in [0.3, 0.4) is 0 Å². The highest BCUT2D eigenvalue weighted by molar-refractivity contribution is 5.79. The molecule has 3 N–H and O–H groups in total. The summed E-state index contributed by atoms with van der Waals surface area (Å²) in [7, 11) is 1.38. The van der Waals surface area contributed by atoms with E-state index in [0.717, 1.165) is 11.1 Å². The smallest absolute Gasteiger partial charge is 0.310 e. The van der Waals surface area contributed by atoms with E-state index in [1.807, 2.05) is 12.1 Å². The van der Waals surface area contributed by atoms with Gasteiger partial charge in [-0.1, -0.05) is 0 Å². The van der Waals surface area contributed by atoms with E-state index in [1.54, 1.807) is 18.2 Å². The number of nitrogens with one attached hydrogen (secondary N) is 1. The van der Waals surface area contributed by atoms with Gasteiger partial charge in [-0.05, 0) is 53.1 Å². The Labute approximate surface area is 210 Å². The van der Waals surface area contributed by atoms with Gasteiger partial charge < -0.3 is 34.5 Å². The summed E-state index contributed by atoms with van der Waals surface area (Å²) in [5.74, 6) is -1.48. The molecule has 0 radical (unpaired) electrons. The normalized spacial score (nSPS) is 23.1. The lowest BCUT2D eigenvalue weighted by Crippen LogP contribution is -2.37. The van der Waals surface area contributed by atoms with Crippen LogP contribution in [0.1, 0.15) is 28.7 Å². The first-order valence-electron chi connectivity index (χ1n) is 11.6. The lowest BCUT2D eigenvalue weighted by molar-refractivity contribution is -0.384. The van der Waals surface area contributed by atoms with E-state index < -0.39 is 28.6 Å². The molecule has 0 saturated carbocycles. The van der Waals surface area contributed by atoms with Gasteiger partial charge in [0.25, 0.3) is 5.69 Å². The van der Waals surface area contributed by atoms with Gasteiger partial charge in [-0.2, -0.15) is 0 Å². The minimum atomic E-state index is -0.628. The van der Waals surface area contributed by atoms with E-state index in [2.05, 4.69) is 5.32 Å². The number of benzene rings is 3. The highest BCUT2D eigenvalue weighted by Crippen LogP contribution is 2.56. The molecule has 1 aliphatic carbocycles. The molecule has 0 unspecified atom stereocenters. The van der Waals surface area contributed by atoms with E-state index in [-0.39, 0.29) is 42.5 Å². The zero-order valence-electron chi connectivity index (χ0n) is 19.5. The van der Waals surface area contributed by atoms with Crippen molar-refractivity contribution in [2.75, 3.05) is 25.8 Å². The van der Waals surface area contributed by atoms with Crippen LogP contribution in [-0.4, -0.2) is 41.6 Å². The molecule has 3 aromatic rings. The molecule has 190 valence electrons. The lowest BCUT2D eigenvalue weighted by Gasteiger charge is -2.40. The van der Waals surface area contributed by atoms with Gasteiger partial charge in [0.1, 0.15) is 0 Å². The molecule has 37 heavy (non-hydrogen) atoms. The number of cyclic esters (lactones) is 1. The highest BCUT2D eigenvalue weighted by Gasteiger charge is 2.52. The number of nitro groups is 1. The summed E-state index contributed by atoms with van der Waals surface area (Å²) in [4.78, 5) is 23.8. The number of methoxy groups -OCH3 is 1. The van der Waals surface area contributed by atoms with Crippen LogP contribution in [0.5, 0.6) is 28.7 Å². The van der Waals surface area contributed by atoms with Crippen LogP contribution in [0.2, 0.25) is 0 Å². The van der Waals surface area contributed by atoms with Gasteiger partial charge in [-0.15, -0.1) is 0 Å². The van der Waals surface area contributed by atoms with Gasteiger partial charge in [-0.3, -0.25) is 14.9 Å². The summed E-state index contributed by atoms with van der Waals surface area (Å²) in [6.07, 6.45) is 0. The number of aromatic hydroxyl groups is 2. The predicted molar refractivity (Wildman–Crippen MR) is 128 cm³/mol. The summed E-state index contributed by atoms with van der Waals surface area (Å²) >= 11 is 0. The van der Waals surface area contributed by atoms with Crippen LogP contribution in [0, 0.1) is 22.0 Å². The second kappa shape index (κ2) is 8.47. The fourth-order valence-electron chi connectivity index (χ4n) is 5.56. The molecule has 3 aromatic carbocycles. The minimum absolute atomic E-state index is 0.0311. The van der Waals surface area contributed by atoms with Crippen molar-refractivity contribution < 1.29 is 38.9 Å². The van der Waals surface area contributed by atoms with Gasteiger partial charge in [0.2, 0.25) is 12.5 Å². The Morgan fingerprint density at radius 2 is 1.73 bits per heavy atom. The molecule has 2 heterocycles. The first kappa shape index (κ1) is 22.8. The summed E-state index contributed by atoms with van der Waals surface area (Å²) in [6.45, 7) is 0.214. The monoisotopic (exact) mass is 506 g/mol. The molecular weight excluding hydrogens is 484 g/mol. The molecule has 1 saturated heterocycles. The van der Waals surface area contributed by atoms with Crippen molar-refractivity contribution in [3.63, 3.8) is 0 Å². The number of hydrogen-bond acceptors (Lipinski definition) is 10. The Balaban J connectivity index is 1.51. The fourth-order valence-corrected chi connectivity index (χ4v) is 5.56. The number of carbonyl (C=O) groups is 1. The lowest BCUT2D eigenvalue weighted by atomic mass is 9.65. The van der Waals surface area contributed by atoms with Gasteiger partial charge in [0, 0.05) is 29.7 Å². The first-order valence-corrected chi connectivity index (χ1v) is 11.6. The van der Waals surface area contributed by atoms with Gasteiger partial charge in [0.05, 0.1) is 30.6 Å². The van der Waals surface area contributed by atoms with Crippen molar-refractivity contribution in [2.45, 2.75) is 12.0 Å². The molecule has 2 aliphatic heterocycles. The Morgan fingerprint density at radius 1 is 1.03 bits per heavy atom. The van der Waals surface area contributed by atoms with Crippen molar-refractivity contribution in [1.29, 1.82) is 0 Å². The highest BCUT2D eigenvalue weighted by atomic mass is 16.7. The van der Waals surface area contributed by atoms with Crippen LogP contribution in [0.4, 0.5) is 11.4 Å². The SMILES string of the molecule is COc1cc([C@@H]2c3cc4c(cc3[C@@H](Nc3ccc([N+](=O)[O-])cc3)[C@H]3COC(=O)[C@H]23)OCO4)cc(O)c1O. The zero-order valence-corrected chi connectivity index (χ0v) is 19.5. The maximum atomic E-state index is 13.1. The number of fused-ring (bicyclic) bond motifs is 3. The Bertz CT molecular complexity index is 1420. The summed E-state index contributed by atoms with van der Waals surface area (Å²) in [5.41, 5.74) is 2.76. The molecule has 4 atom stereocenters. The number of anilines is 1. The molecule has 0 aromatic heterocycles. The van der Waals surface area contributed by atoms with Crippen LogP contribution >= 0.6 is 0 Å². The minimum Gasteiger partial charge on any atom is -0.504 e. The third kappa shape index (κ3) is 3.62. The summed E-state index contributed by atoms with van der Waals surface area (Å²) in [5, 5.41) is 35.1. The number of rotatable bonds is 5. The van der Waals surface area contributed by atoms with Gasteiger partial charge in [-0.25, -0.2) is 0 Å². The number of non-ortho nitro benzene ring substituents is 1. The second-order valence-corrected chi connectivity index (χ2v) is 9.15. The van der Waals surface area contributed by atoms with Crippen molar-refractivity contribution in [1.82, 2.24) is 0 Å². The quantitative estimate of drug-likeness (QED) is 0.202. The second-order valence-electron chi connectivity index (χ2n) is 9.15. The van der Waals surface area contributed by atoms with Crippen molar-refractivity contribution in [3.05, 3.63) is 75.3 Å². The van der Waals surface area contributed by atoms with Crippen molar-refractivity contribution in [2.24, 2.45) is 11.8 Å². The molecule has 6 rings (SSSR count). The Kier molecular flexibility index (Phi) is 5.21. The molecule has 0 spiro atoms. The summed E-state index contributed by atoms with van der Waals surface area (Å²) in [6, 6.07) is 12.4. The van der Waals surface area contributed by atoms with E-state index in [4.69, 9.17) is 18.9 Å². The standard InChI is InChI=1S/C26H22N2O9/c1-34-21-7-12(6-18(29)25(21)30)22-15-8-19-20(37-11-36-19)9-16(15)24(17-10-35-26(31)23(17)22)27-13-2-4-14(5-3-13)28(32)33/h2-9,17,22-24,27,29-30H,10-11H2,1H3/t17-,22+,23-,24+/m0/s1. The van der Waals surface area contributed by atoms with Crippen LogP contribution in [-0.2, 0) is 9.53 Å². The number of hydrogen-bond donors (Lipinski definition) is 3. The van der Waals surface area contributed by atoms with E-state index >= 15 is 0 Å². The van der Waals surface area contributed by atoms with Crippen LogP contribution in [0.25, 0.3) is 0 Å². The molecule has 0 amide bonds. The number of esters is 1.